The summed E-state index contributed by atoms with van der Waals surface area (Å²) >= 11 is 0. The molecule has 0 bridgehead atoms. The van der Waals surface area contributed by atoms with Crippen molar-refractivity contribution in [3.8, 4) is 0 Å². The van der Waals surface area contributed by atoms with Crippen molar-refractivity contribution >= 4 is 21.9 Å². The molecule has 1 aliphatic heterocycles. The number of hydrogen-bond donors (Lipinski definition) is 0. The van der Waals surface area contributed by atoms with Gasteiger partial charge in [0, 0.05) is 31.7 Å². The lowest BCUT2D eigenvalue weighted by molar-refractivity contribution is -0.145. The van der Waals surface area contributed by atoms with Gasteiger partial charge in [0.1, 0.15) is 0 Å². The summed E-state index contributed by atoms with van der Waals surface area (Å²) in [5, 5.41) is 0. The van der Waals surface area contributed by atoms with E-state index in [0.29, 0.717) is 37.0 Å². The zero-order valence-corrected chi connectivity index (χ0v) is 18.7. The highest BCUT2D eigenvalue weighted by Crippen LogP contribution is 2.27. The first-order chi connectivity index (χ1) is 13.6. The molecule has 0 spiro atoms. The summed E-state index contributed by atoms with van der Waals surface area (Å²) in [6, 6.07) is 6.06. The average Bonchev–Trinajstić information content (AvgIpc) is 2.70. The molecule has 0 aromatic heterocycles. The quantitative estimate of drug-likeness (QED) is 0.628. The number of amides is 1. The van der Waals surface area contributed by atoms with Gasteiger partial charge in [-0.05, 0) is 49.4 Å². The number of ether oxygens (including phenoxy) is 1. The highest BCUT2D eigenvalue weighted by atomic mass is 32.2. The topological polar surface area (TPSA) is 84.0 Å². The number of hydrogen-bond acceptors (Lipinski definition) is 5. The molecule has 1 fully saturated rings. The van der Waals surface area contributed by atoms with Gasteiger partial charge in [0.2, 0.25) is 10.0 Å². The lowest BCUT2D eigenvalue weighted by Gasteiger charge is -2.34. The summed E-state index contributed by atoms with van der Waals surface area (Å²) in [5.74, 6) is -0.407. The molecule has 29 heavy (non-hydrogen) atoms. The van der Waals surface area contributed by atoms with Crippen LogP contribution < -0.4 is 0 Å². The van der Waals surface area contributed by atoms with E-state index in [0.717, 1.165) is 6.42 Å². The van der Waals surface area contributed by atoms with Gasteiger partial charge in [-0.2, -0.15) is 4.31 Å². The van der Waals surface area contributed by atoms with Crippen LogP contribution in [0.4, 0.5) is 0 Å². The van der Waals surface area contributed by atoms with Crippen molar-refractivity contribution < 1.29 is 22.7 Å². The average molecular weight is 425 g/mol. The van der Waals surface area contributed by atoms with Crippen LogP contribution in [0.15, 0.2) is 29.2 Å². The van der Waals surface area contributed by atoms with E-state index in [4.69, 9.17) is 4.74 Å². The molecule has 1 aromatic carbocycles. The molecule has 2 rings (SSSR count). The lowest BCUT2D eigenvalue weighted by atomic mass is 9.94. The molecule has 0 radical (unpaired) electrons. The molecule has 1 aromatic rings. The Morgan fingerprint density at radius 1 is 1.17 bits per heavy atom. The van der Waals surface area contributed by atoms with Crippen LogP contribution in [0.3, 0.4) is 0 Å². The molecule has 8 heteroatoms. The SMILES string of the molecule is CCN(CC(C)C(=O)OC)C(=O)c1ccc(S(=O)(=O)N2CC(C)CC(C)C2)cc1. The van der Waals surface area contributed by atoms with Gasteiger partial charge in [-0.15, -0.1) is 0 Å². The van der Waals surface area contributed by atoms with Gasteiger partial charge in [0.15, 0.2) is 0 Å². The van der Waals surface area contributed by atoms with Gasteiger partial charge in [0.25, 0.3) is 5.91 Å². The van der Waals surface area contributed by atoms with Crippen molar-refractivity contribution in [3.05, 3.63) is 29.8 Å². The van der Waals surface area contributed by atoms with Crippen LogP contribution in [0.5, 0.6) is 0 Å². The van der Waals surface area contributed by atoms with E-state index in [9.17, 15) is 18.0 Å². The van der Waals surface area contributed by atoms with Crippen LogP contribution in [0, 0.1) is 17.8 Å². The van der Waals surface area contributed by atoms with E-state index in [1.165, 1.54) is 31.4 Å². The van der Waals surface area contributed by atoms with Crippen LogP contribution in [0.25, 0.3) is 0 Å². The van der Waals surface area contributed by atoms with E-state index >= 15 is 0 Å². The molecule has 1 saturated heterocycles. The standard InChI is InChI=1S/C21H32N2O5S/c1-6-22(14-17(4)21(25)28-5)20(24)18-7-9-19(10-8-18)29(26,27)23-12-15(2)11-16(3)13-23/h7-10,15-17H,6,11-14H2,1-5H3. The van der Waals surface area contributed by atoms with Gasteiger partial charge in [-0.25, -0.2) is 8.42 Å². The number of carbonyl (C=O) groups excluding carboxylic acids is 2. The van der Waals surface area contributed by atoms with Gasteiger partial charge >= 0.3 is 5.97 Å². The van der Waals surface area contributed by atoms with Crippen molar-refractivity contribution in [2.75, 3.05) is 33.3 Å². The molecule has 0 aliphatic carbocycles. The Morgan fingerprint density at radius 2 is 1.72 bits per heavy atom. The number of methoxy groups -OCH3 is 1. The summed E-state index contributed by atoms with van der Waals surface area (Å²) < 4.78 is 32.2. The Labute approximate surface area is 174 Å². The molecule has 1 amide bonds. The summed E-state index contributed by atoms with van der Waals surface area (Å²) in [6.07, 6.45) is 1.02. The van der Waals surface area contributed by atoms with Gasteiger partial charge in [-0.1, -0.05) is 20.8 Å². The van der Waals surface area contributed by atoms with E-state index in [1.807, 2.05) is 6.92 Å². The summed E-state index contributed by atoms with van der Waals surface area (Å²) in [5.41, 5.74) is 0.392. The predicted octanol–water partition coefficient (Wildman–Crippen LogP) is 2.62. The monoisotopic (exact) mass is 424 g/mol. The second-order valence-electron chi connectivity index (χ2n) is 8.06. The lowest BCUT2D eigenvalue weighted by Crippen LogP contribution is -2.42. The zero-order valence-electron chi connectivity index (χ0n) is 17.9. The molecule has 0 N–H and O–H groups in total. The third-order valence-electron chi connectivity index (χ3n) is 5.34. The Morgan fingerprint density at radius 3 is 2.21 bits per heavy atom. The fourth-order valence-electron chi connectivity index (χ4n) is 3.87. The fraction of sp³-hybridized carbons (Fsp3) is 0.619. The number of rotatable bonds is 7. The van der Waals surface area contributed by atoms with Crippen LogP contribution in [0.1, 0.15) is 44.5 Å². The molecule has 7 nitrogen and oxygen atoms in total. The van der Waals surface area contributed by atoms with Gasteiger partial charge in [-0.3, -0.25) is 9.59 Å². The van der Waals surface area contributed by atoms with Crippen molar-refractivity contribution in [2.24, 2.45) is 17.8 Å². The second kappa shape index (κ2) is 9.71. The van der Waals surface area contributed by atoms with Crippen LogP contribution in [-0.4, -0.2) is 62.8 Å². The fourth-order valence-corrected chi connectivity index (χ4v) is 5.54. The Balaban J connectivity index is 2.16. The van der Waals surface area contributed by atoms with E-state index in [2.05, 4.69) is 13.8 Å². The van der Waals surface area contributed by atoms with Crippen LogP contribution in [0.2, 0.25) is 0 Å². The minimum Gasteiger partial charge on any atom is -0.469 e. The number of carbonyl (C=O) groups is 2. The first-order valence-electron chi connectivity index (χ1n) is 10.1. The van der Waals surface area contributed by atoms with Crippen LogP contribution in [-0.2, 0) is 19.6 Å². The maximum Gasteiger partial charge on any atom is 0.310 e. The van der Waals surface area contributed by atoms with Crippen molar-refractivity contribution in [1.82, 2.24) is 9.21 Å². The first kappa shape index (κ1) is 23.3. The van der Waals surface area contributed by atoms with Crippen LogP contribution >= 0.6 is 0 Å². The Kier molecular flexibility index (Phi) is 7.82. The molecular formula is C21H32N2O5S. The van der Waals surface area contributed by atoms with E-state index in [1.54, 1.807) is 16.1 Å². The third-order valence-corrected chi connectivity index (χ3v) is 7.19. The number of benzene rings is 1. The third kappa shape index (κ3) is 5.57. The van der Waals surface area contributed by atoms with Gasteiger partial charge in [0.05, 0.1) is 17.9 Å². The van der Waals surface area contributed by atoms with Crippen molar-refractivity contribution in [1.29, 1.82) is 0 Å². The number of sulfonamides is 1. The predicted molar refractivity (Wildman–Crippen MR) is 111 cm³/mol. The molecule has 162 valence electrons. The zero-order chi connectivity index (χ0) is 21.8. The minimum absolute atomic E-state index is 0.196. The van der Waals surface area contributed by atoms with E-state index in [-0.39, 0.29) is 23.3 Å². The smallest absolute Gasteiger partial charge is 0.310 e. The highest BCUT2D eigenvalue weighted by molar-refractivity contribution is 7.89. The molecule has 1 aliphatic rings. The Hall–Kier alpha value is -1.93. The second-order valence-corrected chi connectivity index (χ2v) is 10.00. The molecule has 0 saturated carbocycles. The molecule has 3 atom stereocenters. The highest BCUT2D eigenvalue weighted by Gasteiger charge is 2.32. The minimum atomic E-state index is -3.58. The number of esters is 1. The maximum absolute atomic E-state index is 13.0. The van der Waals surface area contributed by atoms with E-state index < -0.39 is 15.9 Å². The Bertz CT molecular complexity index is 812. The number of piperidine rings is 1. The summed E-state index contributed by atoms with van der Waals surface area (Å²) in [6.45, 7) is 9.38. The summed E-state index contributed by atoms with van der Waals surface area (Å²) in [4.78, 5) is 26.2. The first-order valence-corrected chi connectivity index (χ1v) is 11.5. The normalized spacial score (nSPS) is 21.4. The summed E-state index contributed by atoms with van der Waals surface area (Å²) in [7, 11) is -2.26. The molecule has 3 unspecified atom stereocenters. The van der Waals surface area contributed by atoms with Crippen molar-refractivity contribution in [2.45, 2.75) is 39.0 Å². The molecular weight excluding hydrogens is 392 g/mol. The maximum atomic E-state index is 13.0. The van der Waals surface area contributed by atoms with Gasteiger partial charge < -0.3 is 9.64 Å². The molecule has 1 heterocycles. The number of nitrogens with zero attached hydrogens (tertiary/aromatic N) is 2. The largest absolute Gasteiger partial charge is 0.469 e. The van der Waals surface area contributed by atoms with Crippen molar-refractivity contribution in [3.63, 3.8) is 0 Å².